The van der Waals surface area contributed by atoms with Crippen LogP contribution in [0.15, 0.2) is 30.3 Å². The first kappa shape index (κ1) is 21.9. The maximum atomic E-state index is 13.4. The number of ether oxygens (including phenoxy) is 2. The molecule has 1 saturated carbocycles. The minimum atomic E-state index is -4.65. The summed E-state index contributed by atoms with van der Waals surface area (Å²) in [5.41, 5.74) is 0.0747. The van der Waals surface area contributed by atoms with Crippen LogP contribution in [0.5, 0.6) is 5.75 Å². The third kappa shape index (κ3) is 4.21. The highest BCUT2D eigenvalue weighted by Crippen LogP contribution is 2.47. The molecule has 7 nitrogen and oxygen atoms in total. The Balaban J connectivity index is 1.79. The third-order valence-electron chi connectivity index (χ3n) is 5.84. The molecule has 2 aliphatic rings. The van der Waals surface area contributed by atoms with E-state index < -0.39 is 29.5 Å². The van der Waals surface area contributed by atoms with Crippen LogP contribution in [0.3, 0.4) is 0 Å². The topological polar surface area (TPSA) is 89.0 Å². The number of cyclic esters (lactones) is 1. The van der Waals surface area contributed by atoms with E-state index in [0.29, 0.717) is 22.4 Å². The summed E-state index contributed by atoms with van der Waals surface area (Å²) >= 11 is 0. The molecule has 1 spiro atoms. The zero-order chi connectivity index (χ0) is 23.1. The number of carboxylic acids is 1. The van der Waals surface area contributed by atoms with E-state index in [4.69, 9.17) is 14.6 Å². The number of nitrogens with zero attached hydrogens (tertiary/aromatic N) is 2. The summed E-state index contributed by atoms with van der Waals surface area (Å²) < 4.78 is 50.7. The molecule has 0 unspecified atom stereocenters. The van der Waals surface area contributed by atoms with Gasteiger partial charge < -0.3 is 14.6 Å². The maximum absolute atomic E-state index is 13.4. The Bertz CT molecular complexity index is 1070. The van der Waals surface area contributed by atoms with Crippen LogP contribution in [-0.4, -0.2) is 46.3 Å². The molecule has 1 aliphatic heterocycles. The van der Waals surface area contributed by atoms with Crippen molar-refractivity contribution in [1.82, 2.24) is 9.88 Å². The zero-order valence-electron chi connectivity index (χ0n) is 17.2. The molecule has 170 valence electrons. The molecule has 1 saturated heterocycles. The lowest BCUT2D eigenvalue weighted by Gasteiger charge is -2.23. The number of aromatic nitrogens is 1. The molecule has 2 heterocycles. The van der Waals surface area contributed by atoms with Gasteiger partial charge in [0.25, 0.3) is 0 Å². The SMILES string of the molecule is COc1ccc(CCC(=O)O)cc1-c1ccc(C(F)(F)F)nc1CN1C(=O)OCC12CC2. The summed E-state index contributed by atoms with van der Waals surface area (Å²) in [5.74, 6) is -0.557. The van der Waals surface area contributed by atoms with Crippen molar-refractivity contribution in [3.8, 4) is 16.9 Å². The van der Waals surface area contributed by atoms with Gasteiger partial charge in [-0.25, -0.2) is 9.78 Å². The number of pyridine rings is 1. The highest BCUT2D eigenvalue weighted by Gasteiger charge is 2.56. The van der Waals surface area contributed by atoms with Crippen molar-refractivity contribution in [2.75, 3.05) is 13.7 Å². The lowest BCUT2D eigenvalue weighted by Crippen LogP contribution is -2.35. The van der Waals surface area contributed by atoms with Gasteiger partial charge in [-0.3, -0.25) is 9.69 Å². The summed E-state index contributed by atoms with van der Waals surface area (Å²) in [4.78, 5) is 28.5. The highest BCUT2D eigenvalue weighted by molar-refractivity contribution is 5.76. The molecule has 1 aromatic carbocycles. The van der Waals surface area contributed by atoms with E-state index in [1.54, 1.807) is 18.2 Å². The second-order valence-electron chi connectivity index (χ2n) is 7.98. The molecule has 1 aromatic heterocycles. The Morgan fingerprint density at radius 1 is 1.25 bits per heavy atom. The zero-order valence-corrected chi connectivity index (χ0v) is 17.2. The largest absolute Gasteiger partial charge is 0.496 e. The number of amides is 1. The first-order valence-corrected chi connectivity index (χ1v) is 10.0. The Hall–Kier alpha value is -3.30. The summed E-state index contributed by atoms with van der Waals surface area (Å²) in [6.07, 6.45) is -3.62. The van der Waals surface area contributed by atoms with E-state index in [1.165, 1.54) is 18.1 Å². The fourth-order valence-corrected chi connectivity index (χ4v) is 3.88. The molecule has 0 bridgehead atoms. The molecule has 0 atom stereocenters. The van der Waals surface area contributed by atoms with Crippen LogP contribution in [0.1, 0.15) is 36.2 Å². The number of halogens is 3. The van der Waals surface area contributed by atoms with Crippen LogP contribution >= 0.6 is 0 Å². The Labute approximate surface area is 181 Å². The molecular formula is C22H21F3N2O5. The predicted octanol–water partition coefficient (Wildman–Crippen LogP) is 4.28. The van der Waals surface area contributed by atoms with Gasteiger partial charge in [-0.05, 0) is 43.0 Å². The minimum Gasteiger partial charge on any atom is -0.496 e. The standard InChI is InChI=1S/C22H21F3N2O5/c1-31-17-5-2-13(3-7-19(28)29)10-15(17)14-4-6-18(22(23,24)25)26-16(14)11-27-20(30)32-12-21(27)8-9-21/h2,4-6,10H,3,7-9,11-12H2,1H3,(H,28,29). The van der Waals surface area contributed by atoms with Crippen molar-refractivity contribution in [2.45, 2.75) is 43.9 Å². The van der Waals surface area contributed by atoms with Gasteiger partial charge in [0.1, 0.15) is 18.1 Å². The van der Waals surface area contributed by atoms with E-state index in [-0.39, 0.29) is 31.7 Å². The van der Waals surface area contributed by atoms with Crippen molar-refractivity contribution >= 4 is 12.1 Å². The van der Waals surface area contributed by atoms with Gasteiger partial charge in [0.2, 0.25) is 0 Å². The van der Waals surface area contributed by atoms with E-state index in [2.05, 4.69) is 4.98 Å². The number of carbonyl (C=O) groups is 2. The highest BCUT2D eigenvalue weighted by atomic mass is 19.4. The molecule has 32 heavy (non-hydrogen) atoms. The predicted molar refractivity (Wildman–Crippen MR) is 106 cm³/mol. The molecule has 1 amide bonds. The van der Waals surface area contributed by atoms with Gasteiger partial charge in [-0.2, -0.15) is 13.2 Å². The number of hydrogen-bond donors (Lipinski definition) is 1. The Morgan fingerprint density at radius 2 is 2.00 bits per heavy atom. The fourth-order valence-electron chi connectivity index (χ4n) is 3.88. The molecule has 1 N–H and O–H groups in total. The van der Waals surface area contributed by atoms with Crippen molar-refractivity contribution in [2.24, 2.45) is 0 Å². The first-order chi connectivity index (χ1) is 15.1. The lowest BCUT2D eigenvalue weighted by atomic mass is 9.97. The monoisotopic (exact) mass is 450 g/mol. The summed E-state index contributed by atoms with van der Waals surface area (Å²) in [6, 6.07) is 7.23. The van der Waals surface area contributed by atoms with Crippen molar-refractivity contribution in [1.29, 1.82) is 0 Å². The number of methoxy groups -OCH3 is 1. The fraction of sp³-hybridized carbons (Fsp3) is 0.409. The molecule has 2 fully saturated rings. The van der Waals surface area contributed by atoms with Gasteiger partial charge in [-0.1, -0.05) is 12.1 Å². The average Bonchev–Trinajstić information content (AvgIpc) is 3.47. The summed E-state index contributed by atoms with van der Waals surface area (Å²) in [7, 11) is 1.43. The Morgan fingerprint density at radius 3 is 2.62 bits per heavy atom. The van der Waals surface area contributed by atoms with Crippen LogP contribution in [0, 0.1) is 0 Å². The van der Waals surface area contributed by atoms with Gasteiger partial charge in [0.05, 0.1) is 24.9 Å². The summed E-state index contributed by atoms with van der Waals surface area (Å²) in [5, 5.41) is 8.96. The third-order valence-corrected chi connectivity index (χ3v) is 5.84. The van der Waals surface area contributed by atoms with Crippen molar-refractivity contribution in [3.05, 3.63) is 47.3 Å². The van der Waals surface area contributed by atoms with E-state index in [0.717, 1.165) is 18.9 Å². The van der Waals surface area contributed by atoms with Crippen LogP contribution in [0.25, 0.3) is 11.1 Å². The van der Waals surface area contributed by atoms with Crippen LogP contribution in [0.4, 0.5) is 18.0 Å². The van der Waals surface area contributed by atoms with Crippen molar-refractivity contribution in [3.63, 3.8) is 0 Å². The number of aliphatic carboxylic acids is 1. The van der Waals surface area contributed by atoms with Crippen LogP contribution < -0.4 is 4.74 Å². The average molecular weight is 450 g/mol. The van der Waals surface area contributed by atoms with Gasteiger partial charge in [0, 0.05) is 17.5 Å². The molecule has 2 aromatic rings. The van der Waals surface area contributed by atoms with Gasteiger partial charge >= 0.3 is 18.2 Å². The second-order valence-corrected chi connectivity index (χ2v) is 7.98. The van der Waals surface area contributed by atoms with Crippen molar-refractivity contribution < 1.29 is 37.3 Å². The number of aryl methyl sites for hydroxylation is 1. The van der Waals surface area contributed by atoms with Crippen LogP contribution in [-0.2, 0) is 28.7 Å². The number of rotatable bonds is 7. The summed E-state index contributed by atoms with van der Waals surface area (Å²) in [6.45, 7) is 0.0781. The smallest absolute Gasteiger partial charge is 0.433 e. The first-order valence-electron chi connectivity index (χ1n) is 10.0. The Kier molecular flexibility index (Phi) is 5.47. The van der Waals surface area contributed by atoms with Crippen LogP contribution in [0.2, 0.25) is 0 Å². The number of benzene rings is 1. The van der Waals surface area contributed by atoms with E-state index in [9.17, 15) is 22.8 Å². The molecule has 10 heteroatoms. The van der Waals surface area contributed by atoms with E-state index in [1.807, 2.05) is 0 Å². The number of carbonyl (C=O) groups excluding carboxylic acids is 1. The van der Waals surface area contributed by atoms with Gasteiger partial charge in [0.15, 0.2) is 0 Å². The number of alkyl halides is 3. The lowest BCUT2D eigenvalue weighted by molar-refractivity contribution is -0.141. The normalized spacial score (nSPS) is 16.9. The molecule has 4 rings (SSSR count). The quantitative estimate of drug-likeness (QED) is 0.678. The number of hydrogen-bond acceptors (Lipinski definition) is 5. The number of carboxylic acid groups (broad SMARTS) is 1. The minimum absolute atomic E-state index is 0.0682. The van der Waals surface area contributed by atoms with E-state index >= 15 is 0 Å². The molecule has 0 radical (unpaired) electrons. The van der Waals surface area contributed by atoms with Gasteiger partial charge in [-0.15, -0.1) is 0 Å². The second kappa shape index (κ2) is 7.99. The molecule has 1 aliphatic carbocycles. The molecular weight excluding hydrogens is 429 g/mol. The maximum Gasteiger partial charge on any atom is 0.433 e.